The summed E-state index contributed by atoms with van der Waals surface area (Å²) >= 11 is 0. The molecule has 0 heterocycles. The van der Waals surface area contributed by atoms with Gasteiger partial charge < -0.3 is 14.2 Å². The number of ether oxygens (including phenoxy) is 3. The first-order chi connectivity index (χ1) is 39.0. The van der Waals surface area contributed by atoms with Gasteiger partial charge in [0.25, 0.3) is 0 Å². The Morgan fingerprint density at radius 3 is 0.810 bits per heavy atom. The predicted molar refractivity (Wildman–Crippen MR) is 343 cm³/mol. The summed E-state index contributed by atoms with van der Waals surface area (Å²) in [5.41, 5.74) is 0. The smallest absolute Gasteiger partial charge is 0.306 e. The van der Waals surface area contributed by atoms with E-state index in [0.29, 0.717) is 19.3 Å². The Kier molecular flexibility index (Phi) is 61.4. The van der Waals surface area contributed by atoms with Crippen LogP contribution in [-0.4, -0.2) is 37.2 Å². The van der Waals surface area contributed by atoms with Crippen LogP contribution in [0.4, 0.5) is 0 Å². The summed E-state index contributed by atoms with van der Waals surface area (Å²) < 4.78 is 16.8. The Labute approximate surface area is 486 Å². The van der Waals surface area contributed by atoms with Crippen LogP contribution in [-0.2, 0) is 28.6 Å². The molecule has 0 aliphatic rings. The van der Waals surface area contributed by atoms with Crippen LogP contribution < -0.4 is 0 Å². The summed E-state index contributed by atoms with van der Waals surface area (Å²) in [6, 6.07) is 0. The van der Waals surface area contributed by atoms with Crippen molar-refractivity contribution in [2.24, 2.45) is 0 Å². The van der Waals surface area contributed by atoms with Crippen molar-refractivity contribution < 1.29 is 28.6 Å². The van der Waals surface area contributed by atoms with E-state index in [1.54, 1.807) is 0 Å². The van der Waals surface area contributed by atoms with Crippen LogP contribution in [0.15, 0.2) is 158 Å². The molecule has 1 unspecified atom stereocenters. The third kappa shape index (κ3) is 63.7. The highest BCUT2D eigenvalue weighted by molar-refractivity contribution is 5.71. The number of carbonyl (C=O) groups is 3. The molecule has 0 aromatic heterocycles. The molecule has 1 atom stereocenters. The van der Waals surface area contributed by atoms with Crippen LogP contribution in [0.5, 0.6) is 0 Å². The summed E-state index contributed by atoms with van der Waals surface area (Å²) in [5, 5.41) is 0. The number of allylic oxidation sites excluding steroid dienone is 26. The number of esters is 3. The highest BCUT2D eigenvalue weighted by Gasteiger charge is 2.19. The Morgan fingerprint density at radius 1 is 0.266 bits per heavy atom. The predicted octanol–water partition coefficient (Wildman–Crippen LogP) is 22.1. The van der Waals surface area contributed by atoms with Crippen molar-refractivity contribution in [3.05, 3.63) is 158 Å². The Bertz CT molecular complexity index is 1780. The van der Waals surface area contributed by atoms with E-state index in [9.17, 15) is 14.4 Å². The molecule has 0 N–H and O–H groups in total. The Balaban J connectivity index is 4.34. The molecule has 0 bridgehead atoms. The number of hydrogen-bond donors (Lipinski definition) is 0. The van der Waals surface area contributed by atoms with Gasteiger partial charge in [0.05, 0.1) is 0 Å². The maximum Gasteiger partial charge on any atom is 0.306 e. The van der Waals surface area contributed by atoms with Gasteiger partial charge in [-0.15, -0.1) is 0 Å². The summed E-state index contributed by atoms with van der Waals surface area (Å²) in [6.45, 7) is 6.34. The van der Waals surface area contributed by atoms with Crippen LogP contribution in [0, 0.1) is 0 Å². The van der Waals surface area contributed by atoms with Crippen molar-refractivity contribution in [2.75, 3.05) is 13.2 Å². The topological polar surface area (TPSA) is 78.9 Å². The fourth-order valence-electron chi connectivity index (χ4n) is 8.32. The van der Waals surface area contributed by atoms with Crippen molar-refractivity contribution in [1.82, 2.24) is 0 Å². The van der Waals surface area contributed by atoms with Gasteiger partial charge in [0.2, 0.25) is 0 Å². The van der Waals surface area contributed by atoms with Gasteiger partial charge in [-0.25, -0.2) is 0 Å². The van der Waals surface area contributed by atoms with Gasteiger partial charge in [-0.1, -0.05) is 281 Å². The second kappa shape index (κ2) is 65.5. The summed E-state index contributed by atoms with van der Waals surface area (Å²) in [7, 11) is 0. The number of unbranched alkanes of at least 4 members (excludes halogenated alkanes) is 19. The lowest BCUT2D eigenvalue weighted by atomic mass is 10.1. The lowest BCUT2D eigenvalue weighted by Gasteiger charge is -2.18. The third-order valence-electron chi connectivity index (χ3n) is 13.0. The molecule has 0 amide bonds. The largest absolute Gasteiger partial charge is 0.462 e. The monoisotopic (exact) mass is 1090 g/mol. The first-order valence-corrected chi connectivity index (χ1v) is 32.0. The normalized spacial score (nSPS) is 13.2. The number of carbonyl (C=O) groups excluding carboxylic acids is 3. The van der Waals surface area contributed by atoms with E-state index >= 15 is 0 Å². The first-order valence-electron chi connectivity index (χ1n) is 32.0. The van der Waals surface area contributed by atoms with E-state index in [4.69, 9.17) is 14.2 Å². The van der Waals surface area contributed by atoms with E-state index in [1.807, 2.05) is 0 Å². The minimum atomic E-state index is -0.816. The molecule has 0 spiro atoms. The standard InChI is InChI=1S/C73H116O6/c1-4-7-10-13-16-19-21-23-25-27-29-31-33-34-35-36-37-38-40-41-43-45-47-49-51-54-57-60-63-66-72(75)78-69-70(68-77-71(74)65-62-59-56-53-18-15-12-9-6-3)79-73(76)67-64-61-58-55-52-50-48-46-44-42-39-32-30-28-26-24-22-20-17-14-11-8-5-2/h7-8,10-11,16-17,19-20,23-26,29-32,34-35,37-38,42,44,48,50,55,58,70H,4-6,9,12-15,18,21-22,27-28,33,36,39-41,43,45-47,49,51-54,56-57,59-69H2,1-3H3/b10-7-,11-8-,19-16-,20-17-,25-23-,26-24-,31-29-,32-30-,35-34-,38-37-,44-42-,50-48-,58-55-. The van der Waals surface area contributed by atoms with Crippen LogP contribution in [0.3, 0.4) is 0 Å². The van der Waals surface area contributed by atoms with Gasteiger partial charge in [0.1, 0.15) is 13.2 Å². The fourth-order valence-corrected chi connectivity index (χ4v) is 8.32. The highest BCUT2D eigenvalue weighted by Crippen LogP contribution is 2.15. The van der Waals surface area contributed by atoms with Gasteiger partial charge in [-0.2, -0.15) is 0 Å². The van der Waals surface area contributed by atoms with E-state index in [2.05, 4.69) is 179 Å². The molecule has 0 aromatic carbocycles. The van der Waals surface area contributed by atoms with Crippen molar-refractivity contribution in [2.45, 2.75) is 271 Å². The number of rotatable bonds is 56. The second-order valence-electron chi connectivity index (χ2n) is 20.6. The summed E-state index contributed by atoms with van der Waals surface area (Å²) in [6.07, 6.45) is 95.5. The Hall–Kier alpha value is -4.97. The molecule has 0 fully saturated rings. The molecular weight excluding hydrogens is 973 g/mol. The molecule has 0 saturated carbocycles. The van der Waals surface area contributed by atoms with Crippen molar-refractivity contribution in [1.29, 1.82) is 0 Å². The van der Waals surface area contributed by atoms with Crippen LogP contribution in [0.2, 0.25) is 0 Å². The van der Waals surface area contributed by atoms with E-state index in [0.717, 1.165) is 135 Å². The Morgan fingerprint density at radius 2 is 0.506 bits per heavy atom. The minimum Gasteiger partial charge on any atom is -0.462 e. The molecule has 0 radical (unpaired) electrons. The average Bonchev–Trinajstić information content (AvgIpc) is 3.45. The van der Waals surface area contributed by atoms with Crippen molar-refractivity contribution >= 4 is 17.9 Å². The second-order valence-corrected chi connectivity index (χ2v) is 20.6. The zero-order chi connectivity index (χ0) is 57.1. The molecule has 79 heavy (non-hydrogen) atoms. The summed E-state index contributed by atoms with van der Waals surface area (Å²) in [4.78, 5) is 38.2. The molecule has 0 rings (SSSR count). The minimum absolute atomic E-state index is 0.107. The van der Waals surface area contributed by atoms with E-state index < -0.39 is 6.10 Å². The lowest BCUT2D eigenvalue weighted by Crippen LogP contribution is -2.30. The number of hydrogen-bond acceptors (Lipinski definition) is 6. The quantitative estimate of drug-likeness (QED) is 0.0261. The molecule has 444 valence electrons. The van der Waals surface area contributed by atoms with Gasteiger partial charge >= 0.3 is 17.9 Å². The van der Waals surface area contributed by atoms with Crippen LogP contribution in [0.25, 0.3) is 0 Å². The summed E-state index contributed by atoms with van der Waals surface area (Å²) in [5.74, 6) is -0.977. The maximum absolute atomic E-state index is 12.9. The first kappa shape index (κ1) is 74.0. The zero-order valence-electron chi connectivity index (χ0n) is 50.8. The van der Waals surface area contributed by atoms with Crippen LogP contribution >= 0.6 is 0 Å². The third-order valence-corrected chi connectivity index (χ3v) is 13.0. The average molecular weight is 1090 g/mol. The molecule has 6 heteroatoms. The van der Waals surface area contributed by atoms with Gasteiger partial charge in [-0.05, 0) is 122 Å². The van der Waals surface area contributed by atoms with E-state index in [-0.39, 0.29) is 37.5 Å². The fraction of sp³-hybridized carbons (Fsp3) is 0.603. The van der Waals surface area contributed by atoms with Crippen molar-refractivity contribution in [3.8, 4) is 0 Å². The van der Waals surface area contributed by atoms with Gasteiger partial charge in [-0.3, -0.25) is 14.4 Å². The molecule has 6 nitrogen and oxygen atoms in total. The molecular formula is C73H116O6. The van der Waals surface area contributed by atoms with Gasteiger partial charge in [0, 0.05) is 19.3 Å². The molecule has 0 aromatic rings. The molecule has 0 saturated heterocycles. The van der Waals surface area contributed by atoms with E-state index in [1.165, 1.54) is 83.5 Å². The maximum atomic E-state index is 12.9. The molecule has 0 aliphatic carbocycles. The highest BCUT2D eigenvalue weighted by atomic mass is 16.6. The van der Waals surface area contributed by atoms with Gasteiger partial charge in [0.15, 0.2) is 6.10 Å². The molecule has 0 aliphatic heterocycles. The van der Waals surface area contributed by atoms with Crippen LogP contribution in [0.1, 0.15) is 265 Å². The zero-order valence-corrected chi connectivity index (χ0v) is 50.8. The lowest BCUT2D eigenvalue weighted by molar-refractivity contribution is -0.167. The SMILES string of the molecule is CC/C=C\C/C=C\C/C=C\C/C=C\C/C=C\C/C=C\C/C=C\CCCC(=O)OC(COC(=O)CCCCCCCCCCC)COC(=O)CCCCCCCCCCCC/C=C\C/C=C\C/C=C\C/C=C\C/C=C\C/C=C\CC. The van der Waals surface area contributed by atoms with Crippen molar-refractivity contribution in [3.63, 3.8) is 0 Å².